The molecule has 1 unspecified atom stereocenters. The van der Waals surface area contributed by atoms with Crippen LogP contribution >= 0.6 is 0 Å². The molecule has 22 heavy (non-hydrogen) atoms. The Labute approximate surface area is 128 Å². The lowest BCUT2D eigenvalue weighted by Gasteiger charge is -2.12. The summed E-state index contributed by atoms with van der Waals surface area (Å²) in [6.45, 7) is 0.124. The minimum absolute atomic E-state index is 0.0403. The van der Waals surface area contributed by atoms with Crippen LogP contribution in [0, 0.1) is 12.3 Å². The van der Waals surface area contributed by atoms with E-state index in [1.807, 2.05) is 6.92 Å². The molecule has 0 bridgehead atoms. The van der Waals surface area contributed by atoms with Gasteiger partial charge in [-0.15, -0.1) is 6.42 Å². The molecule has 0 fully saturated rings. The van der Waals surface area contributed by atoms with Crippen molar-refractivity contribution < 1.29 is 18.6 Å². The normalized spacial score (nSPS) is 12.6. The van der Waals surface area contributed by atoms with Gasteiger partial charge in [0.05, 0.1) is 19.2 Å². The third-order valence-corrected chi connectivity index (χ3v) is 2.61. The summed E-state index contributed by atoms with van der Waals surface area (Å²) in [5.74, 6) is 2.97. The highest BCUT2D eigenvalue weighted by Crippen LogP contribution is 2.19. The standard InChI is InChI=1S/C15H19F2N3O2/c1-3-9-19-15(18-4-2)20-10-13(21)11-5-7-12(8-6-11)22-14(16)17/h1,5-8,13-14,21H,4,9-10H2,2H3,(H2,18,19,20). The lowest BCUT2D eigenvalue weighted by Crippen LogP contribution is -2.37. The molecule has 120 valence electrons. The lowest BCUT2D eigenvalue weighted by atomic mass is 10.1. The van der Waals surface area contributed by atoms with E-state index in [1.54, 1.807) is 0 Å². The van der Waals surface area contributed by atoms with Gasteiger partial charge in [-0.05, 0) is 24.6 Å². The van der Waals surface area contributed by atoms with Crippen LogP contribution in [0.25, 0.3) is 0 Å². The van der Waals surface area contributed by atoms with Gasteiger partial charge in [-0.3, -0.25) is 4.99 Å². The summed E-state index contributed by atoms with van der Waals surface area (Å²) >= 11 is 0. The van der Waals surface area contributed by atoms with Crippen molar-refractivity contribution >= 4 is 5.96 Å². The summed E-state index contributed by atoms with van der Waals surface area (Å²) in [5.41, 5.74) is 0.554. The van der Waals surface area contributed by atoms with Gasteiger partial charge in [-0.25, -0.2) is 0 Å². The average molecular weight is 311 g/mol. The predicted molar refractivity (Wildman–Crippen MR) is 80.8 cm³/mol. The van der Waals surface area contributed by atoms with Gasteiger partial charge in [0.1, 0.15) is 5.75 Å². The highest BCUT2D eigenvalue weighted by Gasteiger charge is 2.09. The van der Waals surface area contributed by atoms with Gasteiger partial charge in [-0.2, -0.15) is 8.78 Å². The molecule has 0 aliphatic carbocycles. The fourth-order valence-corrected chi connectivity index (χ4v) is 1.63. The molecule has 1 aromatic carbocycles. The Morgan fingerprint density at radius 3 is 2.59 bits per heavy atom. The van der Waals surface area contributed by atoms with E-state index in [-0.39, 0.29) is 12.3 Å². The van der Waals surface area contributed by atoms with E-state index in [0.29, 0.717) is 24.6 Å². The molecule has 0 spiro atoms. The monoisotopic (exact) mass is 311 g/mol. The van der Waals surface area contributed by atoms with Crippen LogP contribution in [0.15, 0.2) is 29.3 Å². The first-order valence-corrected chi connectivity index (χ1v) is 6.75. The number of aliphatic imine (C=N–C) groups is 1. The zero-order valence-corrected chi connectivity index (χ0v) is 12.2. The first-order chi connectivity index (χ1) is 10.6. The molecular weight excluding hydrogens is 292 g/mol. The Kier molecular flexibility index (Phi) is 7.72. The van der Waals surface area contributed by atoms with Crippen LogP contribution in [0.2, 0.25) is 0 Å². The first-order valence-electron chi connectivity index (χ1n) is 6.75. The van der Waals surface area contributed by atoms with Gasteiger partial charge in [-0.1, -0.05) is 18.1 Å². The molecule has 5 nitrogen and oxygen atoms in total. The van der Waals surface area contributed by atoms with E-state index < -0.39 is 12.7 Å². The van der Waals surface area contributed by atoms with Gasteiger partial charge in [0.25, 0.3) is 0 Å². The molecule has 0 radical (unpaired) electrons. The number of ether oxygens (including phenoxy) is 1. The molecule has 7 heteroatoms. The van der Waals surface area contributed by atoms with Crippen molar-refractivity contribution in [3.05, 3.63) is 29.8 Å². The second kappa shape index (κ2) is 9.58. The Hall–Kier alpha value is -2.33. The van der Waals surface area contributed by atoms with E-state index in [9.17, 15) is 13.9 Å². The SMILES string of the molecule is C#CCNC(=NCC(O)c1ccc(OC(F)F)cc1)NCC. The number of halogens is 2. The van der Waals surface area contributed by atoms with E-state index >= 15 is 0 Å². The Morgan fingerprint density at radius 1 is 1.36 bits per heavy atom. The number of hydrogen-bond acceptors (Lipinski definition) is 3. The molecule has 0 amide bonds. The maximum Gasteiger partial charge on any atom is 0.387 e. The second-order valence-electron chi connectivity index (χ2n) is 4.24. The number of rotatable bonds is 7. The molecule has 0 aliphatic heterocycles. The number of terminal acetylenes is 1. The van der Waals surface area contributed by atoms with Crippen LogP contribution < -0.4 is 15.4 Å². The summed E-state index contributed by atoms with van der Waals surface area (Å²) in [4.78, 5) is 4.20. The average Bonchev–Trinajstić information content (AvgIpc) is 2.50. The minimum atomic E-state index is -2.87. The molecule has 0 heterocycles. The number of nitrogens with zero attached hydrogens (tertiary/aromatic N) is 1. The summed E-state index contributed by atoms with van der Waals surface area (Å²) < 4.78 is 28.3. The fraction of sp³-hybridized carbons (Fsp3) is 0.400. The van der Waals surface area contributed by atoms with Crippen LogP contribution in [-0.2, 0) is 0 Å². The highest BCUT2D eigenvalue weighted by molar-refractivity contribution is 5.80. The van der Waals surface area contributed by atoms with Gasteiger partial charge in [0, 0.05) is 6.54 Å². The molecule has 0 aromatic heterocycles. The highest BCUT2D eigenvalue weighted by atomic mass is 19.3. The second-order valence-corrected chi connectivity index (χ2v) is 4.24. The summed E-state index contributed by atoms with van der Waals surface area (Å²) in [6.07, 6.45) is 4.30. The van der Waals surface area contributed by atoms with Gasteiger partial charge in [0.2, 0.25) is 0 Å². The zero-order chi connectivity index (χ0) is 16.4. The smallest absolute Gasteiger partial charge is 0.387 e. The first kappa shape index (κ1) is 17.7. The summed E-state index contributed by atoms with van der Waals surface area (Å²) in [7, 11) is 0. The fourth-order valence-electron chi connectivity index (χ4n) is 1.63. The molecule has 1 aromatic rings. The number of aliphatic hydroxyl groups excluding tert-OH is 1. The maximum absolute atomic E-state index is 12.0. The summed E-state index contributed by atoms with van der Waals surface area (Å²) in [6, 6.07) is 5.77. The van der Waals surface area contributed by atoms with Crippen LogP contribution in [0.1, 0.15) is 18.6 Å². The molecule has 0 saturated carbocycles. The van der Waals surface area contributed by atoms with Crippen LogP contribution in [0.3, 0.4) is 0 Å². The van der Waals surface area contributed by atoms with E-state index in [1.165, 1.54) is 24.3 Å². The molecule has 0 saturated heterocycles. The Bertz CT molecular complexity index is 513. The molecule has 1 atom stereocenters. The number of hydrogen-bond donors (Lipinski definition) is 3. The zero-order valence-electron chi connectivity index (χ0n) is 12.2. The van der Waals surface area contributed by atoms with Crippen molar-refractivity contribution in [2.45, 2.75) is 19.6 Å². The quantitative estimate of drug-likeness (QED) is 0.406. The maximum atomic E-state index is 12.0. The lowest BCUT2D eigenvalue weighted by molar-refractivity contribution is -0.0498. The van der Waals surface area contributed by atoms with Crippen LogP contribution in [0.4, 0.5) is 8.78 Å². The molecule has 1 rings (SSSR count). The van der Waals surface area contributed by atoms with Crippen molar-refractivity contribution in [1.29, 1.82) is 0 Å². The molecule has 3 N–H and O–H groups in total. The predicted octanol–water partition coefficient (Wildman–Crippen LogP) is 1.51. The number of nitrogens with one attached hydrogen (secondary N) is 2. The number of alkyl halides is 2. The topological polar surface area (TPSA) is 65.9 Å². The number of guanidine groups is 1. The minimum Gasteiger partial charge on any atom is -0.435 e. The van der Waals surface area contributed by atoms with Crippen molar-refractivity contribution in [3.8, 4) is 18.1 Å². The Balaban J connectivity index is 2.62. The van der Waals surface area contributed by atoms with E-state index in [0.717, 1.165) is 0 Å². The van der Waals surface area contributed by atoms with Gasteiger partial charge >= 0.3 is 6.61 Å². The van der Waals surface area contributed by atoms with Crippen LogP contribution in [-0.4, -0.2) is 37.3 Å². The summed E-state index contributed by atoms with van der Waals surface area (Å²) in [5, 5.41) is 15.9. The van der Waals surface area contributed by atoms with Crippen molar-refractivity contribution in [3.63, 3.8) is 0 Å². The van der Waals surface area contributed by atoms with Crippen molar-refractivity contribution in [1.82, 2.24) is 10.6 Å². The number of aliphatic hydroxyl groups is 1. The van der Waals surface area contributed by atoms with E-state index in [4.69, 9.17) is 6.42 Å². The van der Waals surface area contributed by atoms with Gasteiger partial charge in [0.15, 0.2) is 5.96 Å². The van der Waals surface area contributed by atoms with Crippen molar-refractivity contribution in [2.24, 2.45) is 4.99 Å². The Morgan fingerprint density at radius 2 is 2.05 bits per heavy atom. The largest absolute Gasteiger partial charge is 0.435 e. The third kappa shape index (κ3) is 6.41. The van der Waals surface area contributed by atoms with Gasteiger partial charge < -0.3 is 20.5 Å². The van der Waals surface area contributed by atoms with Crippen LogP contribution in [0.5, 0.6) is 5.75 Å². The molecular formula is C15H19F2N3O2. The van der Waals surface area contributed by atoms with Crippen molar-refractivity contribution in [2.75, 3.05) is 19.6 Å². The molecule has 0 aliphatic rings. The third-order valence-electron chi connectivity index (χ3n) is 2.61. The number of benzene rings is 1. The van der Waals surface area contributed by atoms with E-state index in [2.05, 4.69) is 26.3 Å².